The average molecular weight is 354 g/mol. The molecule has 0 bridgehead atoms. The number of carboxylic acid groups (broad SMARTS) is 1. The van der Waals surface area contributed by atoms with Crippen molar-refractivity contribution in [2.45, 2.75) is 24.8 Å². The number of amides is 1. The van der Waals surface area contributed by atoms with E-state index >= 15 is 0 Å². The van der Waals surface area contributed by atoms with Crippen molar-refractivity contribution >= 4 is 12.1 Å². The summed E-state index contributed by atoms with van der Waals surface area (Å²) in [4.78, 5) is 23.0. The summed E-state index contributed by atoms with van der Waals surface area (Å²) < 4.78 is 5.41. The molecule has 2 aromatic rings. The van der Waals surface area contributed by atoms with Gasteiger partial charge in [0.2, 0.25) is 0 Å². The van der Waals surface area contributed by atoms with Crippen LogP contribution in [0.5, 0.6) is 0 Å². The lowest BCUT2D eigenvalue weighted by molar-refractivity contribution is -0.137. The first-order valence-electron chi connectivity index (χ1n) is 8.63. The number of nitrogens with two attached hydrogens (primary N) is 1. The molecule has 0 fully saturated rings. The fraction of sp³-hybridized carbons (Fsp3) is 0.300. The molecule has 3 rings (SSSR count). The third kappa shape index (κ3) is 3.86. The molecular formula is C20H22N2O4. The first-order valence-corrected chi connectivity index (χ1v) is 8.63. The summed E-state index contributed by atoms with van der Waals surface area (Å²) >= 11 is 0. The van der Waals surface area contributed by atoms with Gasteiger partial charge in [0.15, 0.2) is 0 Å². The number of nitrogens with one attached hydrogen (secondary N) is 1. The Balaban J connectivity index is 1.68. The molecule has 1 aliphatic rings. The molecule has 0 radical (unpaired) electrons. The number of benzene rings is 2. The molecule has 1 unspecified atom stereocenters. The summed E-state index contributed by atoms with van der Waals surface area (Å²) in [5.41, 5.74) is 10.0. The number of aliphatic carboxylic acids is 1. The van der Waals surface area contributed by atoms with Gasteiger partial charge in [-0.3, -0.25) is 4.79 Å². The molecule has 0 saturated carbocycles. The van der Waals surface area contributed by atoms with Gasteiger partial charge in [0.05, 0.1) is 6.42 Å². The minimum atomic E-state index is -0.984. The van der Waals surface area contributed by atoms with Crippen LogP contribution < -0.4 is 11.1 Å². The first-order chi connectivity index (χ1) is 12.6. The zero-order valence-electron chi connectivity index (χ0n) is 14.4. The monoisotopic (exact) mass is 354 g/mol. The van der Waals surface area contributed by atoms with E-state index < -0.39 is 18.1 Å². The van der Waals surface area contributed by atoms with Crippen LogP contribution in [0.4, 0.5) is 4.79 Å². The van der Waals surface area contributed by atoms with E-state index in [2.05, 4.69) is 17.4 Å². The van der Waals surface area contributed by atoms with Crippen molar-refractivity contribution in [3.05, 3.63) is 59.7 Å². The fourth-order valence-corrected chi connectivity index (χ4v) is 3.44. The Morgan fingerprint density at radius 2 is 1.65 bits per heavy atom. The molecule has 6 nitrogen and oxygen atoms in total. The fourth-order valence-electron chi connectivity index (χ4n) is 3.44. The van der Waals surface area contributed by atoms with E-state index in [-0.39, 0.29) is 18.9 Å². The van der Waals surface area contributed by atoms with E-state index in [0.717, 1.165) is 22.3 Å². The largest absolute Gasteiger partial charge is 0.481 e. The first kappa shape index (κ1) is 17.9. The average Bonchev–Trinajstić information content (AvgIpc) is 2.94. The number of ether oxygens (including phenoxy) is 1. The quantitative estimate of drug-likeness (QED) is 0.710. The molecule has 2 aromatic carbocycles. The number of fused-ring (bicyclic) bond motifs is 3. The summed E-state index contributed by atoms with van der Waals surface area (Å²) in [6, 6.07) is 15.6. The second kappa shape index (κ2) is 8.01. The summed E-state index contributed by atoms with van der Waals surface area (Å²) in [7, 11) is 0. The van der Waals surface area contributed by atoms with Gasteiger partial charge < -0.3 is 20.9 Å². The van der Waals surface area contributed by atoms with Crippen LogP contribution in [0, 0.1) is 0 Å². The highest BCUT2D eigenvalue weighted by Gasteiger charge is 2.29. The molecular weight excluding hydrogens is 332 g/mol. The number of hydrogen-bond donors (Lipinski definition) is 3. The Morgan fingerprint density at radius 3 is 2.19 bits per heavy atom. The highest BCUT2D eigenvalue weighted by atomic mass is 16.5. The number of alkyl carbamates (subject to hydrolysis) is 1. The minimum absolute atomic E-state index is 0.0272. The zero-order valence-corrected chi connectivity index (χ0v) is 14.4. The lowest BCUT2D eigenvalue weighted by atomic mass is 9.98. The molecule has 0 saturated heterocycles. The van der Waals surface area contributed by atoms with Crippen LogP contribution in [-0.4, -0.2) is 36.4 Å². The third-order valence-corrected chi connectivity index (χ3v) is 4.60. The van der Waals surface area contributed by atoms with E-state index in [9.17, 15) is 9.59 Å². The van der Waals surface area contributed by atoms with Crippen LogP contribution in [0.25, 0.3) is 11.1 Å². The Morgan fingerprint density at radius 1 is 1.08 bits per heavy atom. The Labute approximate surface area is 152 Å². The van der Waals surface area contributed by atoms with Gasteiger partial charge in [0.1, 0.15) is 6.61 Å². The van der Waals surface area contributed by atoms with Crippen molar-refractivity contribution in [3.63, 3.8) is 0 Å². The molecule has 0 aromatic heterocycles. The van der Waals surface area contributed by atoms with Crippen molar-refractivity contribution < 1.29 is 19.4 Å². The summed E-state index contributed by atoms with van der Waals surface area (Å²) in [5.74, 6) is -1.01. The molecule has 0 aliphatic heterocycles. The number of carbonyl (C=O) groups is 2. The van der Waals surface area contributed by atoms with Gasteiger partial charge in [-0.1, -0.05) is 48.5 Å². The van der Waals surface area contributed by atoms with Crippen molar-refractivity contribution in [1.82, 2.24) is 5.32 Å². The maximum Gasteiger partial charge on any atom is 0.407 e. The van der Waals surface area contributed by atoms with E-state index in [1.165, 1.54) is 0 Å². The predicted molar refractivity (Wildman–Crippen MR) is 97.9 cm³/mol. The van der Waals surface area contributed by atoms with Gasteiger partial charge in [-0.05, 0) is 35.2 Å². The standard InChI is InChI=1S/C20H22N2O4/c21-10-9-13(11-19(23)24)22-20(25)26-12-18-16-7-3-1-5-14(16)15-6-2-4-8-17(15)18/h1-8,13,18H,9-12,21H2,(H,22,25)(H,23,24). The van der Waals surface area contributed by atoms with Crippen LogP contribution in [0.2, 0.25) is 0 Å². The molecule has 0 spiro atoms. The van der Waals surface area contributed by atoms with E-state index in [4.69, 9.17) is 15.6 Å². The summed E-state index contributed by atoms with van der Waals surface area (Å²) in [6.07, 6.45) is -0.413. The SMILES string of the molecule is NCCC(CC(=O)O)NC(=O)OCC1c2ccccc2-c2ccccc21. The van der Waals surface area contributed by atoms with E-state index in [0.29, 0.717) is 13.0 Å². The number of carboxylic acids is 1. The maximum absolute atomic E-state index is 12.1. The molecule has 1 aliphatic carbocycles. The lowest BCUT2D eigenvalue weighted by Crippen LogP contribution is -2.38. The molecule has 136 valence electrons. The van der Waals surface area contributed by atoms with Gasteiger partial charge in [0.25, 0.3) is 0 Å². The Hall–Kier alpha value is -2.86. The molecule has 0 heterocycles. The number of hydrogen-bond acceptors (Lipinski definition) is 4. The van der Waals surface area contributed by atoms with Crippen molar-refractivity contribution in [2.24, 2.45) is 5.73 Å². The van der Waals surface area contributed by atoms with Gasteiger partial charge >= 0.3 is 12.1 Å². The van der Waals surface area contributed by atoms with Crippen LogP contribution in [-0.2, 0) is 9.53 Å². The predicted octanol–water partition coefficient (Wildman–Crippen LogP) is 2.72. The van der Waals surface area contributed by atoms with Gasteiger partial charge in [-0.15, -0.1) is 0 Å². The normalized spacial score (nSPS) is 13.6. The molecule has 6 heteroatoms. The van der Waals surface area contributed by atoms with Crippen molar-refractivity contribution in [3.8, 4) is 11.1 Å². The van der Waals surface area contributed by atoms with Gasteiger partial charge in [-0.25, -0.2) is 4.79 Å². The summed E-state index contributed by atoms with van der Waals surface area (Å²) in [6.45, 7) is 0.490. The Kier molecular flexibility index (Phi) is 5.53. The molecule has 26 heavy (non-hydrogen) atoms. The minimum Gasteiger partial charge on any atom is -0.481 e. The number of carbonyl (C=O) groups excluding carboxylic acids is 1. The van der Waals surface area contributed by atoms with Crippen LogP contribution in [0.1, 0.15) is 29.9 Å². The number of rotatable bonds is 7. The molecule has 1 amide bonds. The van der Waals surface area contributed by atoms with Crippen LogP contribution >= 0.6 is 0 Å². The van der Waals surface area contributed by atoms with E-state index in [1.54, 1.807) is 0 Å². The second-order valence-corrected chi connectivity index (χ2v) is 6.34. The molecule has 4 N–H and O–H groups in total. The third-order valence-electron chi connectivity index (χ3n) is 4.60. The van der Waals surface area contributed by atoms with Gasteiger partial charge in [0, 0.05) is 12.0 Å². The smallest absolute Gasteiger partial charge is 0.407 e. The van der Waals surface area contributed by atoms with Crippen molar-refractivity contribution in [1.29, 1.82) is 0 Å². The maximum atomic E-state index is 12.1. The van der Waals surface area contributed by atoms with Crippen LogP contribution in [0.15, 0.2) is 48.5 Å². The van der Waals surface area contributed by atoms with Crippen LogP contribution in [0.3, 0.4) is 0 Å². The van der Waals surface area contributed by atoms with Gasteiger partial charge in [-0.2, -0.15) is 0 Å². The molecule has 1 atom stereocenters. The Bertz CT molecular complexity index is 760. The topological polar surface area (TPSA) is 102 Å². The van der Waals surface area contributed by atoms with Crippen molar-refractivity contribution in [2.75, 3.05) is 13.2 Å². The lowest BCUT2D eigenvalue weighted by Gasteiger charge is -2.18. The summed E-state index contributed by atoms with van der Waals surface area (Å²) in [5, 5.41) is 11.5. The van der Waals surface area contributed by atoms with E-state index in [1.807, 2.05) is 36.4 Å². The second-order valence-electron chi connectivity index (χ2n) is 6.34. The zero-order chi connectivity index (χ0) is 18.5. The highest BCUT2D eigenvalue weighted by molar-refractivity contribution is 5.79. The highest BCUT2D eigenvalue weighted by Crippen LogP contribution is 2.44.